The van der Waals surface area contributed by atoms with Crippen LogP contribution < -0.4 is 0 Å². The fourth-order valence-corrected chi connectivity index (χ4v) is 3.07. The summed E-state index contributed by atoms with van der Waals surface area (Å²) < 4.78 is 9.74. The Morgan fingerprint density at radius 2 is 2.18 bits per heavy atom. The zero-order chi connectivity index (χ0) is 15.7. The van der Waals surface area contributed by atoms with E-state index < -0.39 is 0 Å². The lowest BCUT2D eigenvalue weighted by molar-refractivity contribution is 0.0731. The van der Waals surface area contributed by atoms with E-state index in [4.69, 9.17) is 4.42 Å². The second kappa shape index (κ2) is 5.88. The van der Waals surface area contributed by atoms with Gasteiger partial charge >= 0.3 is 0 Å². The molecule has 3 rings (SSSR count). The Balaban J connectivity index is 1.87. The molecule has 0 saturated heterocycles. The topological polar surface area (TPSA) is 59.2 Å². The molecule has 3 aromatic rings. The molecule has 2 aromatic heterocycles. The first-order valence-corrected chi connectivity index (χ1v) is 7.96. The number of hydrogen-bond donors (Lipinski definition) is 0. The maximum absolute atomic E-state index is 12.6. The summed E-state index contributed by atoms with van der Waals surface area (Å²) in [4.78, 5) is 14.9. The van der Waals surface area contributed by atoms with Crippen LogP contribution in [0.15, 0.2) is 34.7 Å². The molecule has 1 amide bonds. The molecule has 2 heterocycles. The van der Waals surface area contributed by atoms with Crippen LogP contribution in [0, 0.1) is 0 Å². The third-order valence-corrected chi connectivity index (χ3v) is 4.60. The largest absolute Gasteiger partial charge is 0.459 e. The highest BCUT2D eigenvalue weighted by molar-refractivity contribution is 7.08. The van der Waals surface area contributed by atoms with Crippen molar-refractivity contribution in [3.8, 4) is 0 Å². The van der Waals surface area contributed by atoms with E-state index in [0.29, 0.717) is 11.3 Å². The molecular weight excluding hydrogens is 298 g/mol. The summed E-state index contributed by atoms with van der Waals surface area (Å²) in [6.45, 7) is 3.92. The Labute approximate surface area is 132 Å². The van der Waals surface area contributed by atoms with Gasteiger partial charge in [0.1, 0.15) is 16.2 Å². The number of aromatic nitrogens is 2. The van der Waals surface area contributed by atoms with Gasteiger partial charge in [0.05, 0.1) is 11.7 Å². The second-order valence-electron chi connectivity index (χ2n) is 5.18. The summed E-state index contributed by atoms with van der Waals surface area (Å²) in [5.41, 5.74) is 1.58. The summed E-state index contributed by atoms with van der Waals surface area (Å²) in [7, 11) is 1.78. The van der Waals surface area contributed by atoms with E-state index in [1.54, 1.807) is 11.9 Å². The number of fused-ring (bicyclic) bond motifs is 1. The van der Waals surface area contributed by atoms with Crippen LogP contribution in [0.4, 0.5) is 0 Å². The molecular formula is C16H17N3O2S. The highest BCUT2D eigenvalue weighted by atomic mass is 32.1. The van der Waals surface area contributed by atoms with E-state index in [-0.39, 0.29) is 11.9 Å². The fraction of sp³-hybridized carbons (Fsp3) is 0.312. The highest BCUT2D eigenvalue weighted by Crippen LogP contribution is 2.28. The van der Waals surface area contributed by atoms with Crippen LogP contribution in [0.2, 0.25) is 0 Å². The maximum Gasteiger partial charge on any atom is 0.267 e. The second-order valence-corrected chi connectivity index (χ2v) is 5.94. The van der Waals surface area contributed by atoms with Crippen molar-refractivity contribution < 1.29 is 9.21 Å². The van der Waals surface area contributed by atoms with Gasteiger partial charge in [0.15, 0.2) is 0 Å². The van der Waals surface area contributed by atoms with Crippen LogP contribution in [0.1, 0.15) is 41.0 Å². The van der Waals surface area contributed by atoms with E-state index >= 15 is 0 Å². The lowest BCUT2D eigenvalue weighted by atomic mass is 10.2. The number of aryl methyl sites for hydroxylation is 1. The van der Waals surface area contributed by atoms with Crippen molar-refractivity contribution in [1.29, 1.82) is 0 Å². The Morgan fingerprint density at radius 3 is 2.91 bits per heavy atom. The molecule has 1 atom stereocenters. The molecule has 6 heteroatoms. The lowest BCUT2D eigenvalue weighted by Gasteiger charge is -2.22. The number of para-hydroxylation sites is 1. The zero-order valence-corrected chi connectivity index (χ0v) is 13.6. The number of carbonyl (C=O) groups excluding carboxylic acids is 1. The minimum atomic E-state index is -0.160. The highest BCUT2D eigenvalue weighted by Gasteiger charge is 2.25. The molecule has 22 heavy (non-hydrogen) atoms. The number of furan rings is 1. The van der Waals surface area contributed by atoms with Crippen molar-refractivity contribution in [3.05, 3.63) is 46.7 Å². The van der Waals surface area contributed by atoms with Gasteiger partial charge in [-0.25, -0.2) is 0 Å². The van der Waals surface area contributed by atoms with Crippen molar-refractivity contribution in [1.82, 2.24) is 14.5 Å². The third kappa shape index (κ3) is 2.50. The first-order chi connectivity index (χ1) is 10.6. The van der Waals surface area contributed by atoms with Crippen molar-refractivity contribution in [2.24, 2.45) is 0 Å². The molecule has 0 aliphatic carbocycles. The van der Waals surface area contributed by atoms with Crippen molar-refractivity contribution in [2.75, 3.05) is 7.05 Å². The van der Waals surface area contributed by atoms with Gasteiger partial charge in [-0.3, -0.25) is 4.79 Å². The summed E-state index contributed by atoms with van der Waals surface area (Å²) in [6, 6.07) is 9.65. The van der Waals surface area contributed by atoms with E-state index in [1.807, 2.05) is 44.2 Å². The summed E-state index contributed by atoms with van der Waals surface area (Å²) in [5.74, 6) is 0.701. The molecule has 0 saturated carbocycles. The SMILES string of the molecule is CCc1nnsc1C(=O)N(C)C(C)c1cc2ccccc2o1. The molecule has 0 aliphatic heterocycles. The van der Waals surface area contributed by atoms with Gasteiger partial charge in [0, 0.05) is 12.4 Å². The standard InChI is InChI=1S/C16H17N3O2S/c1-4-12-15(22-18-17-12)16(20)19(3)10(2)14-9-11-7-5-6-8-13(11)21-14/h5-10H,4H2,1-3H3. The Morgan fingerprint density at radius 1 is 1.41 bits per heavy atom. The van der Waals surface area contributed by atoms with Gasteiger partial charge in [-0.1, -0.05) is 29.6 Å². The van der Waals surface area contributed by atoms with E-state index in [2.05, 4.69) is 9.59 Å². The average molecular weight is 315 g/mol. The molecule has 5 nitrogen and oxygen atoms in total. The average Bonchev–Trinajstić information content (AvgIpc) is 3.18. The molecule has 0 N–H and O–H groups in total. The van der Waals surface area contributed by atoms with Crippen LogP contribution in [-0.2, 0) is 6.42 Å². The van der Waals surface area contributed by atoms with Crippen LogP contribution in [0.3, 0.4) is 0 Å². The smallest absolute Gasteiger partial charge is 0.267 e. The summed E-state index contributed by atoms with van der Waals surface area (Å²) in [5, 5.41) is 5.04. The Hall–Kier alpha value is -2.21. The Kier molecular flexibility index (Phi) is 3.94. The number of nitrogens with zero attached hydrogens (tertiary/aromatic N) is 3. The molecule has 114 valence electrons. The van der Waals surface area contributed by atoms with Gasteiger partial charge in [-0.05, 0) is 37.0 Å². The number of hydrogen-bond acceptors (Lipinski definition) is 5. The number of carbonyl (C=O) groups is 1. The fourth-order valence-electron chi connectivity index (χ4n) is 2.34. The van der Waals surface area contributed by atoms with Crippen molar-refractivity contribution >= 4 is 28.4 Å². The third-order valence-electron chi connectivity index (χ3n) is 3.84. The number of amides is 1. The first-order valence-electron chi connectivity index (χ1n) is 7.18. The van der Waals surface area contributed by atoms with E-state index in [0.717, 1.165) is 34.0 Å². The van der Waals surface area contributed by atoms with Crippen molar-refractivity contribution in [3.63, 3.8) is 0 Å². The zero-order valence-electron chi connectivity index (χ0n) is 12.7. The van der Waals surface area contributed by atoms with Crippen molar-refractivity contribution in [2.45, 2.75) is 26.3 Å². The minimum Gasteiger partial charge on any atom is -0.459 e. The summed E-state index contributed by atoms with van der Waals surface area (Å²) >= 11 is 1.15. The van der Waals surface area contributed by atoms with Gasteiger partial charge < -0.3 is 9.32 Å². The molecule has 1 unspecified atom stereocenters. The minimum absolute atomic E-state index is 0.0696. The van der Waals surface area contributed by atoms with Gasteiger partial charge in [-0.15, -0.1) is 5.10 Å². The Bertz CT molecular complexity index is 775. The van der Waals surface area contributed by atoms with E-state index in [9.17, 15) is 4.79 Å². The van der Waals surface area contributed by atoms with Crippen LogP contribution in [-0.4, -0.2) is 27.4 Å². The van der Waals surface area contributed by atoms with Crippen LogP contribution in [0.5, 0.6) is 0 Å². The molecule has 0 bridgehead atoms. The molecule has 0 aliphatic rings. The van der Waals surface area contributed by atoms with E-state index in [1.165, 1.54) is 0 Å². The van der Waals surface area contributed by atoms with Crippen LogP contribution >= 0.6 is 11.5 Å². The number of benzene rings is 1. The van der Waals surface area contributed by atoms with Gasteiger partial charge in [-0.2, -0.15) is 0 Å². The molecule has 0 spiro atoms. The van der Waals surface area contributed by atoms with Gasteiger partial charge in [0.2, 0.25) is 0 Å². The molecule has 0 radical (unpaired) electrons. The predicted octanol–water partition coefficient (Wildman–Crippen LogP) is 3.68. The quantitative estimate of drug-likeness (QED) is 0.737. The molecule has 0 fully saturated rings. The predicted molar refractivity (Wildman–Crippen MR) is 86.0 cm³/mol. The normalized spacial score (nSPS) is 12.5. The first kappa shape index (κ1) is 14.7. The number of rotatable bonds is 4. The van der Waals surface area contributed by atoms with Crippen LogP contribution in [0.25, 0.3) is 11.0 Å². The molecule has 1 aromatic carbocycles. The maximum atomic E-state index is 12.6. The lowest BCUT2D eigenvalue weighted by Crippen LogP contribution is -2.29. The monoisotopic (exact) mass is 315 g/mol. The summed E-state index contributed by atoms with van der Waals surface area (Å²) in [6.07, 6.45) is 0.699. The van der Waals surface area contributed by atoms with Gasteiger partial charge in [0.25, 0.3) is 5.91 Å².